The number of hydrogen-bond donors (Lipinski definition) is 2. The molecule has 0 bridgehead atoms. The molecule has 1 atom stereocenters. The minimum absolute atomic E-state index is 0.0112. The molecule has 1 aromatic carbocycles. The molecule has 0 aliphatic carbocycles. The van der Waals surface area contributed by atoms with Gasteiger partial charge in [-0.15, -0.1) is 0 Å². The molecule has 6 heteroatoms. The second-order valence-corrected chi connectivity index (χ2v) is 8.66. The molecule has 1 heterocycles. The molecule has 1 aliphatic heterocycles. The van der Waals surface area contributed by atoms with Gasteiger partial charge in [-0.05, 0) is 62.8 Å². The van der Waals surface area contributed by atoms with Gasteiger partial charge < -0.3 is 15.5 Å². The highest BCUT2D eigenvalue weighted by Crippen LogP contribution is 2.14. The number of benzene rings is 1. The third kappa shape index (κ3) is 9.22. The Morgan fingerprint density at radius 3 is 2.55 bits per heavy atom. The van der Waals surface area contributed by atoms with Crippen LogP contribution >= 0.6 is 11.8 Å². The highest BCUT2D eigenvalue weighted by Gasteiger charge is 2.28. The van der Waals surface area contributed by atoms with Crippen molar-refractivity contribution in [1.82, 2.24) is 15.5 Å². The zero-order valence-electron chi connectivity index (χ0n) is 17.8. The molecule has 2 rings (SSSR count). The fourth-order valence-corrected chi connectivity index (χ4v) is 4.17. The summed E-state index contributed by atoms with van der Waals surface area (Å²) in [5.41, 5.74) is 1.16. The van der Waals surface area contributed by atoms with Crippen LogP contribution in [0.15, 0.2) is 30.3 Å². The van der Waals surface area contributed by atoms with E-state index in [0.717, 1.165) is 43.7 Å². The highest BCUT2D eigenvalue weighted by atomic mass is 32.2. The molecule has 162 valence electrons. The van der Waals surface area contributed by atoms with Gasteiger partial charge in [0.05, 0.1) is 0 Å². The van der Waals surface area contributed by atoms with Gasteiger partial charge in [-0.3, -0.25) is 9.59 Å². The maximum atomic E-state index is 13.1. The molecule has 5 nitrogen and oxygen atoms in total. The van der Waals surface area contributed by atoms with Crippen LogP contribution in [-0.2, 0) is 16.0 Å². The van der Waals surface area contributed by atoms with Crippen LogP contribution in [0.25, 0.3) is 0 Å². The second-order valence-electron chi connectivity index (χ2n) is 7.68. The van der Waals surface area contributed by atoms with Crippen LogP contribution in [0.2, 0.25) is 0 Å². The molecule has 1 unspecified atom stereocenters. The van der Waals surface area contributed by atoms with E-state index in [9.17, 15) is 9.59 Å². The normalized spacial score (nSPS) is 20.0. The first kappa shape index (κ1) is 23.7. The third-order valence-corrected chi connectivity index (χ3v) is 6.04. The fourth-order valence-electron chi connectivity index (χ4n) is 3.71. The average molecular weight is 420 g/mol. The summed E-state index contributed by atoms with van der Waals surface area (Å²) in [6.07, 6.45) is 9.29. The predicted molar refractivity (Wildman–Crippen MR) is 122 cm³/mol. The Labute approximate surface area is 180 Å². The van der Waals surface area contributed by atoms with Crippen molar-refractivity contribution in [2.45, 2.75) is 57.4 Å². The van der Waals surface area contributed by atoms with Crippen LogP contribution in [0, 0.1) is 0 Å². The standard InChI is InChI=1S/C23H37N3O2S/c1-29-19-14-21-23(28)25-17-8-3-2-7-15-24-16-9-18-26(21)22(27)13-12-20-10-5-4-6-11-20/h4-6,10-11,21,24H,2-3,7-9,12-19H2,1H3,(H,25,28). The first-order chi connectivity index (χ1) is 14.2. The van der Waals surface area contributed by atoms with Crippen LogP contribution in [0.4, 0.5) is 0 Å². The van der Waals surface area contributed by atoms with Gasteiger partial charge in [-0.2, -0.15) is 11.8 Å². The molecule has 0 spiro atoms. The average Bonchev–Trinajstić information content (AvgIpc) is 2.74. The lowest BCUT2D eigenvalue weighted by atomic mass is 10.1. The van der Waals surface area contributed by atoms with Gasteiger partial charge in [-0.1, -0.05) is 43.2 Å². The molecular formula is C23H37N3O2S. The minimum atomic E-state index is -0.367. The number of carbonyl (C=O) groups is 2. The van der Waals surface area contributed by atoms with Gasteiger partial charge in [0.2, 0.25) is 11.8 Å². The Balaban J connectivity index is 2.06. The summed E-state index contributed by atoms with van der Waals surface area (Å²) >= 11 is 1.73. The summed E-state index contributed by atoms with van der Waals surface area (Å²) in [4.78, 5) is 27.9. The minimum Gasteiger partial charge on any atom is -0.354 e. The van der Waals surface area contributed by atoms with Crippen molar-refractivity contribution in [3.8, 4) is 0 Å². The molecule has 0 radical (unpaired) electrons. The van der Waals surface area contributed by atoms with Crippen LogP contribution in [0.1, 0.15) is 50.5 Å². The zero-order chi connectivity index (χ0) is 20.7. The van der Waals surface area contributed by atoms with Crippen molar-refractivity contribution in [2.24, 2.45) is 0 Å². The smallest absolute Gasteiger partial charge is 0.242 e. The fraction of sp³-hybridized carbons (Fsp3) is 0.652. The molecule has 1 aliphatic rings. The van der Waals surface area contributed by atoms with Crippen molar-refractivity contribution in [1.29, 1.82) is 0 Å². The molecule has 2 N–H and O–H groups in total. The largest absolute Gasteiger partial charge is 0.354 e. The summed E-state index contributed by atoms with van der Waals surface area (Å²) in [7, 11) is 0. The number of thioether (sulfide) groups is 1. The molecule has 0 aromatic heterocycles. The van der Waals surface area contributed by atoms with Gasteiger partial charge in [-0.25, -0.2) is 0 Å². The van der Waals surface area contributed by atoms with Gasteiger partial charge >= 0.3 is 0 Å². The van der Waals surface area contributed by atoms with Crippen molar-refractivity contribution >= 4 is 23.6 Å². The summed E-state index contributed by atoms with van der Waals surface area (Å²) in [5, 5.41) is 6.58. The number of nitrogens with zero attached hydrogens (tertiary/aromatic N) is 1. The number of aryl methyl sites for hydroxylation is 1. The molecule has 29 heavy (non-hydrogen) atoms. The molecule has 1 fully saturated rings. The number of nitrogens with one attached hydrogen (secondary N) is 2. The Hall–Kier alpha value is -1.53. The first-order valence-corrected chi connectivity index (χ1v) is 12.4. The quantitative estimate of drug-likeness (QED) is 0.743. The van der Waals surface area contributed by atoms with Crippen molar-refractivity contribution in [2.75, 3.05) is 38.2 Å². The lowest BCUT2D eigenvalue weighted by Gasteiger charge is -2.31. The van der Waals surface area contributed by atoms with Crippen LogP contribution in [0.3, 0.4) is 0 Å². The lowest BCUT2D eigenvalue weighted by Crippen LogP contribution is -2.51. The van der Waals surface area contributed by atoms with E-state index in [1.807, 2.05) is 29.4 Å². The van der Waals surface area contributed by atoms with E-state index in [1.54, 1.807) is 11.8 Å². The summed E-state index contributed by atoms with van der Waals surface area (Å²) in [6, 6.07) is 9.73. The Bertz CT molecular complexity index is 597. The molecule has 0 saturated carbocycles. The first-order valence-electron chi connectivity index (χ1n) is 11.0. The SMILES string of the molecule is CSCCC1C(=O)NCCCCCCNCCCN1C(=O)CCc1ccccc1. The predicted octanol–water partition coefficient (Wildman–Crippen LogP) is 3.24. The van der Waals surface area contributed by atoms with E-state index in [4.69, 9.17) is 0 Å². The van der Waals surface area contributed by atoms with E-state index in [0.29, 0.717) is 32.4 Å². The van der Waals surface area contributed by atoms with Crippen LogP contribution in [0.5, 0.6) is 0 Å². The highest BCUT2D eigenvalue weighted by molar-refractivity contribution is 7.98. The van der Waals surface area contributed by atoms with E-state index in [2.05, 4.69) is 22.8 Å². The number of carbonyl (C=O) groups excluding carboxylic acids is 2. The third-order valence-electron chi connectivity index (χ3n) is 5.40. The van der Waals surface area contributed by atoms with E-state index < -0.39 is 0 Å². The number of rotatable bonds is 6. The molecule has 2 amide bonds. The zero-order valence-corrected chi connectivity index (χ0v) is 18.6. The number of amides is 2. The Kier molecular flexibility index (Phi) is 11.8. The van der Waals surface area contributed by atoms with Crippen LogP contribution < -0.4 is 10.6 Å². The topological polar surface area (TPSA) is 61.4 Å². The van der Waals surface area contributed by atoms with Crippen molar-refractivity contribution < 1.29 is 9.59 Å². The Morgan fingerprint density at radius 2 is 1.79 bits per heavy atom. The summed E-state index contributed by atoms with van der Waals surface area (Å²) in [5.74, 6) is 0.970. The Morgan fingerprint density at radius 1 is 1.07 bits per heavy atom. The van der Waals surface area contributed by atoms with Gasteiger partial charge in [0.1, 0.15) is 6.04 Å². The van der Waals surface area contributed by atoms with Crippen LogP contribution in [-0.4, -0.2) is 60.9 Å². The van der Waals surface area contributed by atoms with E-state index in [1.165, 1.54) is 12.8 Å². The van der Waals surface area contributed by atoms with Crippen molar-refractivity contribution in [3.63, 3.8) is 0 Å². The number of hydrogen-bond acceptors (Lipinski definition) is 4. The van der Waals surface area contributed by atoms with Gasteiger partial charge in [0.25, 0.3) is 0 Å². The maximum Gasteiger partial charge on any atom is 0.242 e. The molecule has 1 aromatic rings. The van der Waals surface area contributed by atoms with E-state index in [-0.39, 0.29) is 17.9 Å². The maximum absolute atomic E-state index is 13.1. The van der Waals surface area contributed by atoms with Gasteiger partial charge in [0, 0.05) is 19.5 Å². The lowest BCUT2D eigenvalue weighted by molar-refractivity contribution is -0.140. The second kappa shape index (κ2) is 14.5. The molecular weight excluding hydrogens is 382 g/mol. The monoisotopic (exact) mass is 419 g/mol. The summed E-state index contributed by atoms with van der Waals surface area (Å²) < 4.78 is 0. The summed E-state index contributed by atoms with van der Waals surface area (Å²) in [6.45, 7) is 3.25. The van der Waals surface area contributed by atoms with E-state index >= 15 is 0 Å². The van der Waals surface area contributed by atoms with Gasteiger partial charge in [0.15, 0.2) is 0 Å². The van der Waals surface area contributed by atoms with Crippen molar-refractivity contribution in [3.05, 3.63) is 35.9 Å². The molecule has 1 saturated heterocycles.